The first-order chi connectivity index (χ1) is 11.2. The fraction of sp³-hybridized carbons (Fsp3) is 0.312. The molecule has 0 bridgehead atoms. The summed E-state index contributed by atoms with van der Waals surface area (Å²) in [4.78, 5) is 15.4. The first-order valence-electron chi connectivity index (χ1n) is 7.56. The number of hydrogen-bond donors (Lipinski definition) is 0. The number of rotatable bonds is 2. The van der Waals surface area contributed by atoms with E-state index in [0.29, 0.717) is 6.54 Å². The number of nitrogens with zero attached hydrogens (tertiary/aromatic N) is 4. The molecule has 5 nitrogen and oxygen atoms in total. The summed E-state index contributed by atoms with van der Waals surface area (Å²) in [6.07, 6.45) is 4.01. The Morgan fingerprint density at radius 1 is 1.26 bits per heavy atom. The molecule has 0 aliphatic carbocycles. The van der Waals surface area contributed by atoms with Gasteiger partial charge in [-0.15, -0.1) is 21.5 Å². The summed E-state index contributed by atoms with van der Waals surface area (Å²) < 4.78 is 3.01. The smallest absolute Gasteiger partial charge is 0.263 e. The molecule has 1 saturated heterocycles. The van der Waals surface area contributed by atoms with Crippen molar-refractivity contribution in [3.63, 3.8) is 0 Å². The van der Waals surface area contributed by atoms with Crippen molar-refractivity contribution in [3.8, 4) is 0 Å². The van der Waals surface area contributed by atoms with Crippen LogP contribution in [0.5, 0.6) is 0 Å². The summed E-state index contributed by atoms with van der Waals surface area (Å²) in [5.74, 6) is 1.29. The number of carbonyl (C=O) groups is 1. The first kappa shape index (κ1) is 14.8. The molecule has 3 aromatic rings. The molecule has 0 radical (unpaired) electrons. The Morgan fingerprint density at radius 3 is 3.00 bits per heavy atom. The van der Waals surface area contributed by atoms with Crippen LogP contribution >= 0.6 is 27.3 Å². The first-order valence-corrected chi connectivity index (χ1v) is 9.17. The maximum absolute atomic E-state index is 12.7. The Kier molecular flexibility index (Phi) is 3.90. The van der Waals surface area contributed by atoms with Gasteiger partial charge in [-0.1, -0.05) is 6.07 Å². The number of aromatic nitrogens is 3. The van der Waals surface area contributed by atoms with Gasteiger partial charge in [0.15, 0.2) is 5.65 Å². The highest BCUT2D eigenvalue weighted by Gasteiger charge is 2.28. The van der Waals surface area contributed by atoms with Gasteiger partial charge >= 0.3 is 0 Å². The van der Waals surface area contributed by atoms with E-state index in [1.807, 2.05) is 45.8 Å². The van der Waals surface area contributed by atoms with E-state index >= 15 is 0 Å². The maximum atomic E-state index is 12.7. The second-order valence-corrected chi connectivity index (χ2v) is 8.14. The predicted molar refractivity (Wildman–Crippen MR) is 92.9 cm³/mol. The zero-order chi connectivity index (χ0) is 15.8. The zero-order valence-corrected chi connectivity index (χ0v) is 14.8. The van der Waals surface area contributed by atoms with Crippen molar-refractivity contribution < 1.29 is 4.79 Å². The van der Waals surface area contributed by atoms with Crippen LogP contribution in [0.25, 0.3) is 5.65 Å². The molecule has 3 aromatic heterocycles. The lowest BCUT2D eigenvalue weighted by Gasteiger charge is -2.31. The highest BCUT2D eigenvalue weighted by Crippen LogP contribution is 2.29. The standard InChI is InChI=1S/C16H15BrN4OS/c17-13-7-6-12(23-13)16(22)20-8-3-4-11(10-20)15-19-18-14-5-1-2-9-21(14)15/h1-2,5-7,9,11H,3-4,8,10H2/t11-/m0/s1. The van der Waals surface area contributed by atoms with Gasteiger partial charge in [0.2, 0.25) is 0 Å². The number of carbonyl (C=O) groups excluding carboxylic acids is 1. The summed E-state index contributed by atoms with van der Waals surface area (Å²) >= 11 is 4.90. The third-order valence-electron chi connectivity index (χ3n) is 4.20. The Balaban J connectivity index is 1.58. The van der Waals surface area contributed by atoms with Crippen molar-refractivity contribution in [3.05, 3.63) is 51.0 Å². The van der Waals surface area contributed by atoms with Crippen LogP contribution in [0.1, 0.15) is 34.3 Å². The van der Waals surface area contributed by atoms with E-state index in [2.05, 4.69) is 26.1 Å². The third-order valence-corrected chi connectivity index (χ3v) is 5.81. The highest BCUT2D eigenvalue weighted by molar-refractivity contribution is 9.11. The Bertz CT molecular complexity index is 859. The van der Waals surface area contributed by atoms with E-state index in [-0.39, 0.29) is 11.8 Å². The summed E-state index contributed by atoms with van der Waals surface area (Å²) in [6, 6.07) is 9.69. The lowest BCUT2D eigenvalue weighted by Crippen LogP contribution is -2.39. The molecule has 7 heteroatoms. The van der Waals surface area contributed by atoms with Crippen molar-refractivity contribution in [1.82, 2.24) is 19.5 Å². The van der Waals surface area contributed by atoms with Crippen LogP contribution in [0, 0.1) is 0 Å². The topological polar surface area (TPSA) is 50.5 Å². The number of pyridine rings is 1. The van der Waals surface area contributed by atoms with Crippen molar-refractivity contribution in [2.45, 2.75) is 18.8 Å². The Labute approximate surface area is 146 Å². The second-order valence-electron chi connectivity index (χ2n) is 5.68. The summed E-state index contributed by atoms with van der Waals surface area (Å²) in [6.45, 7) is 1.51. The average molecular weight is 391 g/mol. The average Bonchev–Trinajstić information content (AvgIpc) is 3.20. The number of amides is 1. The van der Waals surface area contributed by atoms with Gasteiger partial charge in [0.1, 0.15) is 5.82 Å². The predicted octanol–water partition coefficient (Wildman–Crippen LogP) is 3.57. The minimum atomic E-state index is 0.110. The molecular formula is C16H15BrN4OS. The fourth-order valence-electron chi connectivity index (χ4n) is 3.10. The number of likely N-dealkylation sites (tertiary alicyclic amines) is 1. The van der Waals surface area contributed by atoms with Gasteiger partial charge in [0.25, 0.3) is 5.91 Å². The van der Waals surface area contributed by atoms with E-state index in [0.717, 1.165) is 39.5 Å². The lowest BCUT2D eigenvalue weighted by atomic mass is 9.97. The largest absolute Gasteiger partial charge is 0.337 e. The molecule has 1 aliphatic rings. The monoisotopic (exact) mass is 390 g/mol. The molecule has 4 rings (SSSR count). The normalized spacial score (nSPS) is 18.5. The van der Waals surface area contributed by atoms with Crippen LogP contribution in [-0.2, 0) is 0 Å². The molecule has 1 aliphatic heterocycles. The summed E-state index contributed by atoms with van der Waals surface area (Å²) in [5.41, 5.74) is 0.855. The zero-order valence-electron chi connectivity index (χ0n) is 12.4. The van der Waals surface area contributed by atoms with Crippen LogP contribution in [0.4, 0.5) is 0 Å². The van der Waals surface area contributed by atoms with Crippen LogP contribution in [0.2, 0.25) is 0 Å². The number of hydrogen-bond acceptors (Lipinski definition) is 4. The van der Waals surface area contributed by atoms with Gasteiger partial charge in [-0.05, 0) is 53.0 Å². The van der Waals surface area contributed by atoms with Gasteiger partial charge in [-0.2, -0.15) is 0 Å². The van der Waals surface area contributed by atoms with Gasteiger partial charge in [-0.25, -0.2) is 0 Å². The van der Waals surface area contributed by atoms with Crippen LogP contribution in [0.3, 0.4) is 0 Å². The van der Waals surface area contributed by atoms with Crippen molar-refractivity contribution in [2.75, 3.05) is 13.1 Å². The Morgan fingerprint density at radius 2 is 2.17 bits per heavy atom. The molecule has 0 spiro atoms. The number of halogens is 1. The molecule has 23 heavy (non-hydrogen) atoms. The molecule has 0 saturated carbocycles. The van der Waals surface area contributed by atoms with Crippen molar-refractivity contribution in [1.29, 1.82) is 0 Å². The molecule has 1 amide bonds. The number of piperidine rings is 1. The van der Waals surface area contributed by atoms with Crippen molar-refractivity contribution >= 4 is 38.8 Å². The number of thiophene rings is 1. The van der Waals surface area contributed by atoms with Crippen LogP contribution in [0.15, 0.2) is 40.3 Å². The summed E-state index contributed by atoms with van der Waals surface area (Å²) in [5, 5.41) is 8.59. The van der Waals surface area contributed by atoms with Gasteiger partial charge in [0.05, 0.1) is 8.66 Å². The minimum Gasteiger partial charge on any atom is -0.337 e. The Hall–Kier alpha value is -1.73. The molecule has 0 aromatic carbocycles. The third kappa shape index (κ3) is 2.79. The molecule has 1 fully saturated rings. The molecule has 118 valence electrons. The van der Waals surface area contributed by atoms with E-state index in [9.17, 15) is 4.79 Å². The molecular weight excluding hydrogens is 376 g/mol. The highest BCUT2D eigenvalue weighted by atomic mass is 79.9. The number of fused-ring (bicyclic) bond motifs is 1. The quantitative estimate of drug-likeness (QED) is 0.671. The SMILES string of the molecule is O=C(c1ccc(Br)s1)N1CCC[C@H](c2nnc3ccccn23)C1. The second kappa shape index (κ2) is 6.05. The molecule has 0 N–H and O–H groups in total. The van der Waals surface area contributed by atoms with Gasteiger partial charge < -0.3 is 4.90 Å². The minimum absolute atomic E-state index is 0.110. The van der Waals surface area contributed by atoms with E-state index < -0.39 is 0 Å². The molecule has 4 heterocycles. The summed E-state index contributed by atoms with van der Waals surface area (Å²) in [7, 11) is 0. The van der Waals surface area contributed by atoms with E-state index in [1.165, 1.54) is 11.3 Å². The van der Waals surface area contributed by atoms with Crippen molar-refractivity contribution in [2.24, 2.45) is 0 Å². The maximum Gasteiger partial charge on any atom is 0.263 e. The fourth-order valence-corrected chi connectivity index (χ4v) is 4.45. The van der Waals surface area contributed by atoms with E-state index in [4.69, 9.17) is 0 Å². The van der Waals surface area contributed by atoms with Crippen LogP contribution in [-0.4, -0.2) is 38.5 Å². The van der Waals surface area contributed by atoms with Gasteiger partial charge in [0, 0.05) is 25.2 Å². The molecule has 0 unspecified atom stereocenters. The van der Waals surface area contributed by atoms with Crippen LogP contribution < -0.4 is 0 Å². The lowest BCUT2D eigenvalue weighted by molar-refractivity contribution is 0.0709. The molecule has 1 atom stereocenters. The van der Waals surface area contributed by atoms with E-state index in [1.54, 1.807) is 0 Å². The van der Waals surface area contributed by atoms with Gasteiger partial charge in [-0.3, -0.25) is 9.20 Å².